The van der Waals surface area contributed by atoms with E-state index in [1.807, 2.05) is 54.6 Å². The van der Waals surface area contributed by atoms with Crippen LogP contribution in [0, 0.1) is 5.82 Å². The lowest BCUT2D eigenvalue weighted by atomic mass is 10.0. The van der Waals surface area contributed by atoms with Crippen molar-refractivity contribution in [1.82, 2.24) is 10.2 Å². The number of hydrogen-bond donors (Lipinski definition) is 1. The van der Waals surface area contributed by atoms with E-state index in [9.17, 15) is 14.0 Å². The van der Waals surface area contributed by atoms with Crippen molar-refractivity contribution in [3.63, 3.8) is 0 Å². The number of halogens is 2. The van der Waals surface area contributed by atoms with Crippen LogP contribution in [-0.2, 0) is 28.3 Å². The van der Waals surface area contributed by atoms with Gasteiger partial charge in [0.2, 0.25) is 11.8 Å². The van der Waals surface area contributed by atoms with Gasteiger partial charge in [0.05, 0.1) is 5.75 Å². The van der Waals surface area contributed by atoms with Crippen molar-refractivity contribution in [1.29, 1.82) is 0 Å². The molecule has 3 aromatic rings. The minimum atomic E-state index is -0.669. The van der Waals surface area contributed by atoms with Crippen LogP contribution >= 0.6 is 27.7 Å². The average Bonchev–Trinajstić information content (AvgIpc) is 2.82. The van der Waals surface area contributed by atoms with Gasteiger partial charge in [-0.1, -0.05) is 76.6 Å². The fourth-order valence-electron chi connectivity index (χ4n) is 3.50. The van der Waals surface area contributed by atoms with Crippen LogP contribution in [0.1, 0.15) is 16.7 Å². The molecule has 172 valence electrons. The summed E-state index contributed by atoms with van der Waals surface area (Å²) in [7, 11) is 1.58. The zero-order valence-corrected chi connectivity index (χ0v) is 20.7. The molecule has 33 heavy (non-hydrogen) atoms. The fourth-order valence-corrected chi connectivity index (χ4v) is 4.84. The van der Waals surface area contributed by atoms with Crippen LogP contribution in [0.15, 0.2) is 83.3 Å². The first-order valence-electron chi connectivity index (χ1n) is 10.6. The van der Waals surface area contributed by atoms with E-state index in [2.05, 4.69) is 21.2 Å². The molecule has 7 heteroatoms. The summed E-state index contributed by atoms with van der Waals surface area (Å²) < 4.78 is 14.9. The number of amides is 2. The maximum atomic E-state index is 14.0. The predicted octanol–water partition coefficient (Wildman–Crippen LogP) is 5.21. The average molecular weight is 529 g/mol. The lowest BCUT2D eigenvalue weighted by Gasteiger charge is -2.31. The summed E-state index contributed by atoms with van der Waals surface area (Å²) in [5.41, 5.74) is 2.44. The molecule has 1 N–H and O–H groups in total. The third kappa shape index (κ3) is 7.44. The van der Waals surface area contributed by atoms with Crippen LogP contribution in [0.25, 0.3) is 0 Å². The monoisotopic (exact) mass is 528 g/mol. The maximum Gasteiger partial charge on any atom is 0.242 e. The van der Waals surface area contributed by atoms with E-state index >= 15 is 0 Å². The summed E-state index contributed by atoms with van der Waals surface area (Å²) in [6.45, 7) is 0.295. The number of thioether (sulfide) groups is 1. The van der Waals surface area contributed by atoms with E-state index in [-0.39, 0.29) is 23.4 Å². The molecule has 3 aromatic carbocycles. The predicted molar refractivity (Wildman–Crippen MR) is 135 cm³/mol. The molecule has 2 amide bonds. The molecule has 0 aliphatic heterocycles. The van der Waals surface area contributed by atoms with Crippen molar-refractivity contribution in [3.05, 3.63) is 106 Å². The second kappa shape index (κ2) is 12.6. The number of carbonyl (C=O) groups is 2. The number of benzene rings is 3. The molecule has 0 aromatic heterocycles. The first-order valence-corrected chi connectivity index (χ1v) is 12.5. The summed E-state index contributed by atoms with van der Waals surface area (Å²) in [4.78, 5) is 27.9. The number of likely N-dealkylation sites (N-methyl/N-ethyl adjacent to an activating group) is 1. The Labute approximate surface area is 206 Å². The number of hydrogen-bond acceptors (Lipinski definition) is 3. The Hall–Kier alpha value is -2.64. The minimum absolute atomic E-state index is 0.143. The second-order valence-corrected chi connectivity index (χ2v) is 9.46. The molecule has 0 radical (unpaired) electrons. The zero-order valence-electron chi connectivity index (χ0n) is 18.3. The number of rotatable bonds is 10. The highest BCUT2D eigenvalue weighted by atomic mass is 79.9. The SMILES string of the molecule is CNC(=O)C(Cc1ccccc1)N(Cc1cccc(Br)c1)C(=O)CSCc1ccccc1F. The van der Waals surface area contributed by atoms with Gasteiger partial charge in [0.1, 0.15) is 11.9 Å². The van der Waals surface area contributed by atoms with Crippen LogP contribution < -0.4 is 5.32 Å². The molecule has 0 saturated heterocycles. The molecule has 0 aliphatic carbocycles. The second-order valence-electron chi connectivity index (χ2n) is 7.56. The number of carbonyl (C=O) groups excluding carboxylic acids is 2. The third-order valence-electron chi connectivity index (χ3n) is 5.20. The molecule has 1 atom stereocenters. The molecular weight excluding hydrogens is 503 g/mol. The van der Waals surface area contributed by atoms with Crippen molar-refractivity contribution in [2.24, 2.45) is 0 Å². The lowest BCUT2D eigenvalue weighted by Crippen LogP contribution is -2.50. The van der Waals surface area contributed by atoms with Gasteiger partial charge < -0.3 is 10.2 Å². The third-order valence-corrected chi connectivity index (χ3v) is 6.66. The molecule has 0 heterocycles. The van der Waals surface area contributed by atoms with Crippen molar-refractivity contribution in [2.75, 3.05) is 12.8 Å². The van der Waals surface area contributed by atoms with Gasteiger partial charge in [0.25, 0.3) is 0 Å². The molecule has 0 bridgehead atoms. The van der Waals surface area contributed by atoms with E-state index in [1.54, 1.807) is 30.1 Å². The zero-order chi connectivity index (χ0) is 23.6. The van der Waals surface area contributed by atoms with Crippen molar-refractivity contribution >= 4 is 39.5 Å². The Morgan fingerprint density at radius 1 is 1.00 bits per heavy atom. The van der Waals surface area contributed by atoms with Crippen LogP contribution in [0.2, 0.25) is 0 Å². The van der Waals surface area contributed by atoms with Crippen LogP contribution in [-0.4, -0.2) is 35.6 Å². The number of nitrogens with zero attached hydrogens (tertiary/aromatic N) is 1. The van der Waals surface area contributed by atoms with E-state index in [0.717, 1.165) is 15.6 Å². The summed E-state index contributed by atoms with van der Waals surface area (Å²) in [6.07, 6.45) is 0.401. The Morgan fingerprint density at radius 3 is 2.39 bits per heavy atom. The molecule has 4 nitrogen and oxygen atoms in total. The normalized spacial score (nSPS) is 11.6. The van der Waals surface area contributed by atoms with Crippen LogP contribution in [0.5, 0.6) is 0 Å². The molecule has 0 saturated carbocycles. The summed E-state index contributed by atoms with van der Waals surface area (Å²) in [5.74, 6) is -0.144. The Morgan fingerprint density at radius 2 is 1.70 bits per heavy atom. The van der Waals surface area contributed by atoms with Crippen molar-refractivity contribution in [3.8, 4) is 0 Å². The van der Waals surface area contributed by atoms with Crippen LogP contribution in [0.4, 0.5) is 4.39 Å². The quantitative estimate of drug-likeness (QED) is 0.393. The lowest BCUT2D eigenvalue weighted by molar-refractivity contribution is -0.139. The first kappa shape index (κ1) is 25.0. The highest BCUT2D eigenvalue weighted by Crippen LogP contribution is 2.21. The van der Waals surface area contributed by atoms with Gasteiger partial charge in [0.15, 0.2) is 0 Å². The topological polar surface area (TPSA) is 49.4 Å². The highest BCUT2D eigenvalue weighted by Gasteiger charge is 2.29. The fraction of sp³-hybridized carbons (Fsp3) is 0.231. The van der Waals surface area contributed by atoms with Gasteiger partial charge >= 0.3 is 0 Å². The molecule has 0 aliphatic rings. The van der Waals surface area contributed by atoms with E-state index in [4.69, 9.17) is 0 Å². The number of nitrogens with one attached hydrogen (secondary N) is 1. The first-order chi connectivity index (χ1) is 16.0. The molecular formula is C26H26BrFN2O2S. The van der Waals surface area contributed by atoms with Gasteiger partial charge in [0, 0.05) is 30.2 Å². The smallest absolute Gasteiger partial charge is 0.242 e. The largest absolute Gasteiger partial charge is 0.357 e. The van der Waals surface area contributed by atoms with Crippen molar-refractivity contribution in [2.45, 2.75) is 24.8 Å². The van der Waals surface area contributed by atoms with Crippen LogP contribution in [0.3, 0.4) is 0 Å². The molecule has 0 spiro atoms. The van der Waals surface area contributed by atoms with Gasteiger partial charge in [-0.15, -0.1) is 11.8 Å². The van der Waals surface area contributed by atoms with Gasteiger partial charge in [-0.25, -0.2) is 4.39 Å². The van der Waals surface area contributed by atoms with Crippen molar-refractivity contribution < 1.29 is 14.0 Å². The summed E-state index contributed by atoms with van der Waals surface area (Å²) in [6, 6.07) is 23.2. The summed E-state index contributed by atoms with van der Waals surface area (Å²) >= 11 is 4.82. The maximum absolute atomic E-state index is 14.0. The standard InChI is InChI=1S/C26H26BrFN2O2S/c1-29-26(32)24(15-19-8-3-2-4-9-19)30(16-20-10-7-12-22(27)14-20)25(31)18-33-17-21-11-5-6-13-23(21)28/h2-14,24H,15-18H2,1H3,(H,29,32). The van der Waals surface area contributed by atoms with E-state index in [1.165, 1.54) is 17.8 Å². The minimum Gasteiger partial charge on any atom is -0.357 e. The van der Waals surface area contributed by atoms with E-state index in [0.29, 0.717) is 24.3 Å². The summed E-state index contributed by atoms with van der Waals surface area (Å²) in [5, 5.41) is 2.71. The highest BCUT2D eigenvalue weighted by molar-refractivity contribution is 9.10. The molecule has 0 fully saturated rings. The Kier molecular flexibility index (Phi) is 9.51. The van der Waals surface area contributed by atoms with E-state index < -0.39 is 6.04 Å². The van der Waals surface area contributed by atoms with Gasteiger partial charge in [-0.3, -0.25) is 9.59 Å². The Balaban J connectivity index is 1.81. The van der Waals surface area contributed by atoms with Gasteiger partial charge in [-0.2, -0.15) is 0 Å². The van der Waals surface area contributed by atoms with Gasteiger partial charge in [-0.05, 0) is 34.9 Å². The molecule has 3 rings (SSSR count). The molecule has 1 unspecified atom stereocenters. The Bertz CT molecular complexity index is 1080.